The highest BCUT2D eigenvalue weighted by Crippen LogP contribution is 2.18. The molecule has 0 aromatic heterocycles. The van der Waals surface area contributed by atoms with E-state index in [4.69, 9.17) is 4.74 Å². The summed E-state index contributed by atoms with van der Waals surface area (Å²) in [6.45, 7) is 4.90. The maximum Gasteiger partial charge on any atom is 0.305 e. The first-order valence-electron chi connectivity index (χ1n) is 34.6. The van der Waals surface area contributed by atoms with Crippen LogP contribution in [-0.2, 0) is 14.3 Å². The predicted molar refractivity (Wildman–Crippen MR) is 333 cm³/mol. The number of carbonyl (C=O) groups is 2. The number of hydrogen-bond acceptors (Lipinski definition) is 5. The van der Waals surface area contributed by atoms with Crippen molar-refractivity contribution in [3.63, 3.8) is 0 Å². The average molecular weight is 1070 g/mol. The van der Waals surface area contributed by atoms with Gasteiger partial charge in [0.15, 0.2) is 0 Å². The van der Waals surface area contributed by atoms with Crippen LogP contribution in [0.5, 0.6) is 0 Å². The Morgan fingerprint density at radius 3 is 0.934 bits per heavy atom. The van der Waals surface area contributed by atoms with Gasteiger partial charge in [-0.3, -0.25) is 9.59 Å². The number of esters is 1. The largest absolute Gasteiger partial charge is 0.466 e. The molecule has 0 spiro atoms. The van der Waals surface area contributed by atoms with Gasteiger partial charge in [0.1, 0.15) is 0 Å². The molecule has 0 saturated carbocycles. The van der Waals surface area contributed by atoms with Crippen LogP contribution >= 0.6 is 0 Å². The Morgan fingerprint density at radius 2 is 0.618 bits per heavy atom. The van der Waals surface area contributed by atoms with E-state index in [9.17, 15) is 19.8 Å². The zero-order chi connectivity index (χ0) is 55.0. The number of aliphatic hydroxyl groups is 2. The molecule has 0 heterocycles. The maximum atomic E-state index is 12.4. The minimum absolute atomic E-state index is 0.0232. The SMILES string of the molecule is CCCCCCCCC/C=C/C(O)C(CO)NC(=O)CCCCCCCCCCCCCCCCCCC/C=C\CCCCCCCCCCCCCCCCCCOC(=O)CCCCCCCCCCCCCCC. The minimum atomic E-state index is -0.839. The molecule has 0 fully saturated rings. The molecule has 0 aromatic carbocycles. The Balaban J connectivity index is 3.30. The summed E-state index contributed by atoms with van der Waals surface area (Å²) in [6.07, 6.45) is 82.9. The summed E-state index contributed by atoms with van der Waals surface area (Å²) < 4.78 is 5.49. The molecule has 2 unspecified atom stereocenters. The molecule has 3 N–H and O–H groups in total. The summed E-state index contributed by atoms with van der Waals surface area (Å²) in [5.74, 6) is -0.0421. The van der Waals surface area contributed by atoms with Gasteiger partial charge in [0.05, 0.1) is 25.4 Å². The van der Waals surface area contributed by atoms with Crippen molar-refractivity contribution in [2.75, 3.05) is 13.2 Å². The van der Waals surface area contributed by atoms with E-state index in [0.29, 0.717) is 19.4 Å². The van der Waals surface area contributed by atoms with E-state index in [1.165, 1.54) is 321 Å². The summed E-state index contributed by atoms with van der Waals surface area (Å²) >= 11 is 0. The van der Waals surface area contributed by atoms with Gasteiger partial charge in [-0.15, -0.1) is 0 Å². The van der Waals surface area contributed by atoms with Crippen LogP contribution < -0.4 is 5.32 Å². The highest BCUT2D eigenvalue weighted by Gasteiger charge is 2.18. The molecule has 0 rings (SSSR count). The van der Waals surface area contributed by atoms with Crippen LogP contribution in [0.2, 0.25) is 0 Å². The third-order valence-corrected chi connectivity index (χ3v) is 16.2. The van der Waals surface area contributed by atoms with Crippen molar-refractivity contribution in [2.45, 2.75) is 398 Å². The third kappa shape index (κ3) is 61.6. The standard InChI is InChI=1S/C70H135NO5/c1-3-5-7-9-11-13-14-40-44-48-52-56-60-64-70(75)76-65-61-57-53-49-45-42-39-37-35-33-31-29-27-25-23-21-19-17-15-16-18-20-22-24-26-28-30-32-34-36-38-41-43-47-51-55-59-63-69(74)71-67(66-72)68(73)62-58-54-50-46-12-10-8-6-4-2/h15,17,58,62,67-68,72-73H,3-14,16,18-57,59-61,63-66H2,1-2H3,(H,71,74)/b17-15-,62-58+. The number of unbranched alkanes of at least 4 members (excludes halogenated alkanes) is 52. The molecule has 0 aromatic rings. The quantitative estimate of drug-likeness (QED) is 0.0320. The van der Waals surface area contributed by atoms with Gasteiger partial charge in [-0.2, -0.15) is 0 Å². The lowest BCUT2D eigenvalue weighted by atomic mass is 10.0. The van der Waals surface area contributed by atoms with E-state index < -0.39 is 12.1 Å². The van der Waals surface area contributed by atoms with Crippen molar-refractivity contribution in [2.24, 2.45) is 0 Å². The van der Waals surface area contributed by atoms with Crippen LogP contribution in [0, 0.1) is 0 Å². The number of hydrogen-bond donors (Lipinski definition) is 3. The molecule has 1 amide bonds. The van der Waals surface area contributed by atoms with Gasteiger partial charge in [0.25, 0.3) is 0 Å². The lowest BCUT2D eigenvalue weighted by molar-refractivity contribution is -0.143. The second kappa shape index (κ2) is 65.9. The third-order valence-electron chi connectivity index (χ3n) is 16.2. The average Bonchev–Trinajstić information content (AvgIpc) is 3.42. The topological polar surface area (TPSA) is 95.9 Å². The fraction of sp³-hybridized carbons (Fsp3) is 0.914. The zero-order valence-electron chi connectivity index (χ0n) is 51.5. The van der Waals surface area contributed by atoms with Gasteiger partial charge in [0.2, 0.25) is 5.91 Å². The molecule has 0 bridgehead atoms. The van der Waals surface area contributed by atoms with E-state index in [-0.39, 0.29) is 18.5 Å². The van der Waals surface area contributed by atoms with Crippen LogP contribution in [0.25, 0.3) is 0 Å². The smallest absolute Gasteiger partial charge is 0.305 e. The number of ether oxygens (including phenoxy) is 1. The Bertz CT molecular complexity index is 1190. The van der Waals surface area contributed by atoms with Crippen LogP contribution in [0.15, 0.2) is 24.3 Å². The van der Waals surface area contributed by atoms with Gasteiger partial charge < -0.3 is 20.3 Å². The van der Waals surface area contributed by atoms with Crippen LogP contribution in [0.1, 0.15) is 386 Å². The Labute approximate surface area is 475 Å². The Hall–Kier alpha value is -1.66. The predicted octanol–water partition coefficient (Wildman–Crippen LogP) is 22.1. The number of nitrogens with one attached hydrogen (secondary N) is 1. The van der Waals surface area contributed by atoms with Crippen molar-refractivity contribution >= 4 is 11.9 Å². The summed E-state index contributed by atoms with van der Waals surface area (Å²) in [5.41, 5.74) is 0. The van der Waals surface area contributed by atoms with Crippen molar-refractivity contribution in [3.05, 3.63) is 24.3 Å². The highest BCUT2D eigenvalue weighted by molar-refractivity contribution is 5.76. The first-order valence-corrected chi connectivity index (χ1v) is 34.6. The highest BCUT2D eigenvalue weighted by atomic mass is 16.5. The number of rotatable bonds is 65. The first kappa shape index (κ1) is 74.3. The van der Waals surface area contributed by atoms with Crippen LogP contribution in [0.4, 0.5) is 0 Å². The van der Waals surface area contributed by atoms with Crippen molar-refractivity contribution in [3.8, 4) is 0 Å². The van der Waals surface area contributed by atoms with E-state index in [1.54, 1.807) is 6.08 Å². The molecule has 2 atom stereocenters. The molecular formula is C70H135NO5. The van der Waals surface area contributed by atoms with E-state index in [1.807, 2.05) is 6.08 Å². The Morgan fingerprint density at radius 1 is 0.355 bits per heavy atom. The number of aliphatic hydroxyl groups excluding tert-OH is 2. The van der Waals surface area contributed by atoms with Gasteiger partial charge in [-0.05, 0) is 57.8 Å². The zero-order valence-corrected chi connectivity index (χ0v) is 51.5. The van der Waals surface area contributed by atoms with Crippen molar-refractivity contribution in [1.29, 1.82) is 0 Å². The normalized spacial score (nSPS) is 12.6. The van der Waals surface area contributed by atoms with E-state index in [2.05, 4.69) is 31.3 Å². The summed E-state index contributed by atoms with van der Waals surface area (Å²) in [5, 5.41) is 23.0. The minimum Gasteiger partial charge on any atom is -0.466 e. The molecule has 0 radical (unpaired) electrons. The summed E-state index contributed by atoms with van der Waals surface area (Å²) in [6, 6.07) is -0.622. The molecule has 450 valence electrons. The lowest BCUT2D eigenvalue weighted by Gasteiger charge is -2.20. The molecule has 6 heteroatoms. The lowest BCUT2D eigenvalue weighted by Crippen LogP contribution is -2.45. The van der Waals surface area contributed by atoms with Crippen LogP contribution in [-0.4, -0.2) is 47.4 Å². The summed E-state index contributed by atoms with van der Waals surface area (Å²) in [4.78, 5) is 24.4. The van der Waals surface area contributed by atoms with Crippen molar-refractivity contribution < 1.29 is 24.5 Å². The molecule has 0 aliphatic rings. The van der Waals surface area contributed by atoms with E-state index >= 15 is 0 Å². The van der Waals surface area contributed by atoms with E-state index in [0.717, 1.165) is 38.5 Å². The van der Waals surface area contributed by atoms with Gasteiger partial charge in [0, 0.05) is 12.8 Å². The fourth-order valence-electron chi connectivity index (χ4n) is 10.9. The number of carbonyl (C=O) groups excluding carboxylic acids is 2. The summed E-state index contributed by atoms with van der Waals surface area (Å²) in [7, 11) is 0. The monoisotopic (exact) mass is 1070 g/mol. The molecule has 0 aliphatic carbocycles. The maximum absolute atomic E-state index is 12.4. The van der Waals surface area contributed by atoms with Gasteiger partial charge in [-0.1, -0.05) is 340 Å². The van der Waals surface area contributed by atoms with Gasteiger partial charge in [-0.25, -0.2) is 0 Å². The van der Waals surface area contributed by atoms with Crippen LogP contribution in [0.3, 0.4) is 0 Å². The molecule has 76 heavy (non-hydrogen) atoms. The molecular weight excluding hydrogens is 935 g/mol. The molecule has 0 aliphatic heterocycles. The second-order valence-electron chi connectivity index (χ2n) is 23.9. The fourth-order valence-corrected chi connectivity index (χ4v) is 10.9. The Kier molecular flexibility index (Phi) is 64.4. The number of allylic oxidation sites excluding steroid dienone is 3. The molecule has 0 saturated heterocycles. The van der Waals surface area contributed by atoms with Gasteiger partial charge >= 0.3 is 5.97 Å². The second-order valence-corrected chi connectivity index (χ2v) is 23.9. The first-order chi connectivity index (χ1) is 37.5. The number of amides is 1. The van der Waals surface area contributed by atoms with Crippen molar-refractivity contribution in [1.82, 2.24) is 5.32 Å². The molecule has 6 nitrogen and oxygen atoms in total.